The van der Waals surface area contributed by atoms with E-state index in [9.17, 15) is 4.79 Å². The molecule has 1 saturated heterocycles. The molecule has 1 N–H and O–H groups in total. The molecule has 2 aliphatic rings. The maximum atomic E-state index is 13.8. The van der Waals surface area contributed by atoms with Crippen molar-refractivity contribution in [2.75, 3.05) is 12.4 Å². The minimum absolute atomic E-state index is 0.0981. The minimum Gasteiger partial charge on any atom is -0.493 e. The van der Waals surface area contributed by atoms with Gasteiger partial charge in [-0.05, 0) is 67.2 Å². The van der Waals surface area contributed by atoms with E-state index in [1.165, 1.54) is 18.4 Å². The summed E-state index contributed by atoms with van der Waals surface area (Å²) in [4.78, 5) is 16.6. The van der Waals surface area contributed by atoms with Gasteiger partial charge < -0.3 is 19.7 Å². The summed E-state index contributed by atoms with van der Waals surface area (Å²) in [6, 6.07) is 24.5. The molecule has 2 fully saturated rings. The minimum atomic E-state index is -0.138. The van der Waals surface area contributed by atoms with Gasteiger partial charge in [0, 0.05) is 11.7 Å². The molecular weight excluding hydrogens is 492 g/mol. The van der Waals surface area contributed by atoms with Gasteiger partial charge in [-0.3, -0.25) is 4.79 Å². The number of hydrogen-bond acceptors (Lipinski definition) is 5. The van der Waals surface area contributed by atoms with Crippen molar-refractivity contribution in [3.63, 3.8) is 0 Å². The van der Waals surface area contributed by atoms with Crippen molar-refractivity contribution >= 4 is 29.4 Å². The molecule has 0 bridgehead atoms. The predicted molar refractivity (Wildman–Crippen MR) is 156 cm³/mol. The number of benzene rings is 3. The van der Waals surface area contributed by atoms with Crippen molar-refractivity contribution in [2.45, 2.75) is 57.7 Å². The van der Waals surface area contributed by atoms with Gasteiger partial charge in [0.05, 0.1) is 12.0 Å². The van der Waals surface area contributed by atoms with Gasteiger partial charge in [-0.15, -0.1) is 0 Å². The van der Waals surface area contributed by atoms with Crippen molar-refractivity contribution < 1.29 is 14.3 Å². The molecule has 3 aromatic rings. The maximum Gasteiger partial charge on any atom is 0.262 e. The molecule has 5 rings (SSSR count). The van der Waals surface area contributed by atoms with Gasteiger partial charge in [-0.25, -0.2) is 0 Å². The molecule has 0 radical (unpaired) electrons. The topological polar surface area (TPSA) is 50.8 Å². The highest BCUT2D eigenvalue weighted by molar-refractivity contribution is 8.05. The lowest BCUT2D eigenvalue weighted by molar-refractivity contribution is -0.129. The Morgan fingerprint density at radius 1 is 1.00 bits per heavy atom. The monoisotopic (exact) mass is 528 g/mol. The van der Waals surface area contributed by atoms with Crippen molar-refractivity contribution in [3.05, 3.63) is 94.4 Å². The average molecular weight is 529 g/mol. The summed E-state index contributed by atoms with van der Waals surface area (Å²) < 4.78 is 11.7. The molecule has 1 aliphatic heterocycles. The Bertz CT molecular complexity index is 1290. The third kappa shape index (κ3) is 6.02. The molecule has 1 heterocycles. The number of nitrogens with one attached hydrogen (secondary N) is 1. The maximum absolute atomic E-state index is 13.8. The fourth-order valence-corrected chi connectivity index (χ4v) is 6.59. The summed E-state index contributed by atoms with van der Waals surface area (Å²) in [6.07, 6.45) is 6.60. The molecule has 6 heteroatoms. The summed E-state index contributed by atoms with van der Waals surface area (Å²) in [5, 5.41) is 3.61. The Morgan fingerprint density at radius 2 is 1.82 bits per heavy atom. The first-order chi connectivity index (χ1) is 18.5. The normalized spacial score (nSPS) is 22.5. The van der Waals surface area contributed by atoms with E-state index in [0.29, 0.717) is 24.0 Å². The first-order valence-corrected chi connectivity index (χ1v) is 14.3. The molecule has 38 heavy (non-hydrogen) atoms. The summed E-state index contributed by atoms with van der Waals surface area (Å²) >= 11 is 1.59. The number of nitrogens with zero attached hydrogens (tertiary/aromatic N) is 1. The Hall–Kier alpha value is -3.38. The Morgan fingerprint density at radius 3 is 2.58 bits per heavy atom. The molecule has 198 valence electrons. The zero-order valence-corrected chi connectivity index (χ0v) is 23.2. The van der Waals surface area contributed by atoms with Crippen LogP contribution in [0.15, 0.2) is 77.7 Å². The summed E-state index contributed by atoms with van der Waals surface area (Å²) in [6.45, 7) is 4.82. The van der Waals surface area contributed by atoms with Crippen molar-refractivity contribution in [1.29, 1.82) is 0 Å². The Kier molecular flexibility index (Phi) is 8.28. The van der Waals surface area contributed by atoms with Crippen molar-refractivity contribution in [1.82, 2.24) is 4.90 Å². The number of para-hydroxylation sites is 1. The van der Waals surface area contributed by atoms with Crippen LogP contribution < -0.4 is 14.8 Å². The van der Waals surface area contributed by atoms with Gasteiger partial charge in [0.15, 0.2) is 17.0 Å². The summed E-state index contributed by atoms with van der Waals surface area (Å²) in [5.41, 5.74) is 4.11. The van der Waals surface area contributed by atoms with Crippen LogP contribution in [0.5, 0.6) is 11.5 Å². The van der Waals surface area contributed by atoms with Crippen LogP contribution in [0.1, 0.15) is 49.3 Å². The summed E-state index contributed by atoms with van der Waals surface area (Å²) in [5.74, 6) is 1.92. The number of amides is 1. The molecule has 5 nitrogen and oxygen atoms in total. The van der Waals surface area contributed by atoms with E-state index in [4.69, 9.17) is 9.47 Å². The van der Waals surface area contributed by atoms with E-state index < -0.39 is 0 Å². The van der Waals surface area contributed by atoms with Crippen LogP contribution in [0.2, 0.25) is 0 Å². The highest BCUT2D eigenvalue weighted by Crippen LogP contribution is 2.42. The van der Waals surface area contributed by atoms with Crippen LogP contribution in [-0.2, 0) is 11.4 Å². The molecule has 0 spiro atoms. The number of ether oxygens (including phenoxy) is 2. The second-order valence-corrected chi connectivity index (χ2v) is 11.3. The number of aryl methyl sites for hydroxylation is 1. The van der Waals surface area contributed by atoms with Gasteiger partial charge in [0.25, 0.3) is 5.91 Å². The van der Waals surface area contributed by atoms with Gasteiger partial charge in [0.2, 0.25) is 0 Å². The number of carbonyl (C=O) groups is 1. The lowest BCUT2D eigenvalue weighted by Crippen LogP contribution is -2.48. The lowest BCUT2D eigenvalue weighted by atomic mass is 9.85. The second kappa shape index (κ2) is 12.0. The van der Waals surface area contributed by atoms with Gasteiger partial charge in [-0.1, -0.05) is 85.6 Å². The van der Waals surface area contributed by atoms with Crippen LogP contribution in [-0.4, -0.2) is 29.5 Å². The third-order valence-electron chi connectivity index (χ3n) is 7.39. The number of thioether (sulfide) groups is 1. The number of rotatable bonds is 8. The second-order valence-electron chi connectivity index (χ2n) is 10.2. The summed E-state index contributed by atoms with van der Waals surface area (Å²) in [7, 11) is 1.65. The zero-order valence-electron chi connectivity index (χ0n) is 22.4. The third-order valence-corrected chi connectivity index (χ3v) is 8.50. The fourth-order valence-electron chi connectivity index (χ4n) is 5.37. The number of carbonyl (C=O) groups excluding carboxylic acids is 1. The smallest absolute Gasteiger partial charge is 0.262 e. The lowest BCUT2D eigenvalue weighted by Gasteiger charge is -2.39. The van der Waals surface area contributed by atoms with E-state index >= 15 is 0 Å². The first-order valence-electron chi connectivity index (χ1n) is 13.4. The average Bonchev–Trinajstić information content (AvgIpc) is 3.22. The standard InChI is InChI=1S/C32H36N2O3S/c1-22-10-9-12-25(18-22)21-37-28-17-16-24(19-29(28)36-3)20-30-31(35)34(27-15-8-7-11-23(27)2)32(38-30)33-26-13-5-4-6-14-26/h4-6,9-10,12-14,16-20,23,27,32-33H,7-8,11,15,21H2,1-3H3/b30-20-/t23-,27-,32?/m1/s1. The Labute approximate surface area is 230 Å². The molecule has 1 amide bonds. The van der Waals surface area contributed by atoms with E-state index in [1.54, 1.807) is 18.9 Å². The molecule has 0 aromatic heterocycles. The molecule has 3 atom stereocenters. The molecule has 1 unspecified atom stereocenters. The predicted octanol–water partition coefficient (Wildman–Crippen LogP) is 7.47. The van der Waals surface area contributed by atoms with Crippen LogP contribution in [0.3, 0.4) is 0 Å². The quantitative estimate of drug-likeness (QED) is 0.307. The zero-order chi connectivity index (χ0) is 26.5. The van der Waals surface area contributed by atoms with Crippen LogP contribution in [0.25, 0.3) is 6.08 Å². The SMILES string of the molecule is COc1cc(/C=C2\SC(Nc3ccccc3)N([C@@H]3CCCC[C@H]3C)C2=O)ccc1OCc1cccc(C)c1. The highest BCUT2D eigenvalue weighted by atomic mass is 32.2. The number of hydrogen-bond donors (Lipinski definition) is 1. The molecule has 1 saturated carbocycles. The van der Waals surface area contributed by atoms with Gasteiger partial charge >= 0.3 is 0 Å². The van der Waals surface area contributed by atoms with E-state index in [-0.39, 0.29) is 17.4 Å². The van der Waals surface area contributed by atoms with E-state index in [2.05, 4.69) is 54.4 Å². The molecule has 1 aliphatic carbocycles. The van der Waals surface area contributed by atoms with Crippen LogP contribution >= 0.6 is 11.8 Å². The van der Waals surface area contributed by atoms with E-state index in [0.717, 1.165) is 34.6 Å². The van der Waals surface area contributed by atoms with E-state index in [1.807, 2.05) is 48.5 Å². The van der Waals surface area contributed by atoms with Crippen LogP contribution in [0, 0.1) is 12.8 Å². The highest BCUT2D eigenvalue weighted by Gasteiger charge is 2.42. The molecule has 3 aromatic carbocycles. The van der Waals surface area contributed by atoms with Gasteiger partial charge in [-0.2, -0.15) is 0 Å². The largest absolute Gasteiger partial charge is 0.493 e. The van der Waals surface area contributed by atoms with Crippen molar-refractivity contribution in [3.8, 4) is 11.5 Å². The van der Waals surface area contributed by atoms with Crippen LogP contribution in [0.4, 0.5) is 5.69 Å². The van der Waals surface area contributed by atoms with Gasteiger partial charge in [0.1, 0.15) is 6.61 Å². The first kappa shape index (κ1) is 26.2. The molecular formula is C32H36N2O3S. The Balaban J connectivity index is 1.37. The van der Waals surface area contributed by atoms with Crippen molar-refractivity contribution in [2.24, 2.45) is 5.92 Å². The fraction of sp³-hybridized carbons (Fsp3) is 0.344. The number of anilines is 1. The number of methoxy groups -OCH3 is 1.